The number of hydrogen-bond donors (Lipinski definition) is 9. The molecule has 0 aliphatic carbocycles. The van der Waals surface area contributed by atoms with Crippen LogP contribution in [-0.4, -0.2) is 138 Å². The lowest BCUT2D eigenvalue weighted by atomic mass is 9.86. The minimum Gasteiger partial charge on any atom is -0.508 e. The number of ether oxygens (including phenoxy) is 6. The van der Waals surface area contributed by atoms with Crippen LogP contribution in [0.15, 0.2) is 96.7 Å². The number of carbonyl (C=O) groups is 2. The number of carbonyl (C=O) groups excluding carboxylic acids is 2. The highest BCUT2D eigenvalue weighted by atomic mass is 16.8. The van der Waals surface area contributed by atoms with Gasteiger partial charge in [-0.1, -0.05) is 94.0 Å². The topological polar surface area (TPSA) is 272 Å². The predicted octanol–water partition coefficient (Wildman–Crippen LogP) is 2.81. The van der Waals surface area contributed by atoms with E-state index in [1.165, 1.54) is 30.4 Å². The molecule has 354 valence electrons. The lowest BCUT2D eigenvalue weighted by Crippen LogP contribution is -2.67. The lowest BCUT2D eigenvalue weighted by molar-refractivity contribution is -0.395. The zero-order valence-electron chi connectivity index (χ0n) is 36.5. The van der Waals surface area contributed by atoms with E-state index < -0.39 is 104 Å². The van der Waals surface area contributed by atoms with Gasteiger partial charge >= 0.3 is 11.9 Å². The normalized spacial score (nSPS) is 30.4. The van der Waals surface area contributed by atoms with Gasteiger partial charge in [0.15, 0.2) is 18.5 Å². The van der Waals surface area contributed by atoms with Crippen LogP contribution in [0.3, 0.4) is 0 Å². The summed E-state index contributed by atoms with van der Waals surface area (Å²) in [7, 11) is 0. The van der Waals surface area contributed by atoms with Gasteiger partial charge in [0.25, 0.3) is 0 Å². The molecule has 3 aliphatic heterocycles. The fraction of sp³-hybridized carbons (Fsp3) is 0.532. The second-order valence-corrected chi connectivity index (χ2v) is 16.0. The second kappa shape index (κ2) is 25.3. The molecule has 0 aromatic heterocycles. The van der Waals surface area contributed by atoms with Crippen LogP contribution in [0.5, 0.6) is 11.5 Å². The summed E-state index contributed by atoms with van der Waals surface area (Å²) in [6, 6.07) is 2.25. The summed E-state index contributed by atoms with van der Waals surface area (Å²) in [6.45, 7) is 6.16. The summed E-state index contributed by atoms with van der Waals surface area (Å²) in [6.07, 6.45) is 6.33. The molecule has 0 unspecified atom stereocenters. The van der Waals surface area contributed by atoms with Gasteiger partial charge in [-0.2, -0.15) is 0 Å². The number of allylic oxidation sites excluding steroid dienone is 9. The first kappa shape index (κ1) is 52.1. The minimum absolute atomic E-state index is 0.121. The summed E-state index contributed by atoms with van der Waals surface area (Å²) < 4.78 is 34.6. The third-order valence-corrected chi connectivity index (χ3v) is 11.2. The molecule has 9 N–H and O–H groups in total. The molecule has 2 saturated heterocycles. The number of rotatable bonds is 21. The van der Waals surface area contributed by atoms with Gasteiger partial charge in [0.05, 0.1) is 31.0 Å². The first-order valence-corrected chi connectivity index (χ1v) is 21.5. The Morgan fingerprint density at radius 2 is 1.59 bits per heavy atom. The highest BCUT2D eigenvalue weighted by Gasteiger charge is 2.63. The van der Waals surface area contributed by atoms with Crippen molar-refractivity contribution in [3.63, 3.8) is 0 Å². The Bertz CT molecular complexity index is 1890. The lowest BCUT2D eigenvalue weighted by Gasteiger charge is -2.50. The maximum Gasteiger partial charge on any atom is 0.331 e. The fourth-order valence-corrected chi connectivity index (χ4v) is 7.09. The largest absolute Gasteiger partial charge is 0.508 e. The zero-order valence-corrected chi connectivity index (χ0v) is 36.5. The van der Waals surface area contributed by atoms with Crippen molar-refractivity contribution in [1.82, 2.24) is 0 Å². The zero-order chi connectivity index (χ0) is 47.0. The summed E-state index contributed by atoms with van der Waals surface area (Å²) in [5, 5.41) is 96.3. The number of aliphatic hydroxyl groups excluding tert-OH is 7. The first-order chi connectivity index (χ1) is 30.6. The van der Waals surface area contributed by atoms with Gasteiger partial charge in [-0.25, -0.2) is 9.59 Å². The van der Waals surface area contributed by atoms with Crippen molar-refractivity contribution in [2.24, 2.45) is 5.92 Å². The Balaban J connectivity index is 1.51. The average molecular weight is 901 g/mol. The van der Waals surface area contributed by atoms with Crippen molar-refractivity contribution in [3.8, 4) is 11.5 Å². The third-order valence-electron chi connectivity index (χ3n) is 11.2. The molecule has 1 aromatic carbocycles. The van der Waals surface area contributed by atoms with E-state index in [0.717, 1.165) is 43.1 Å². The number of benzene rings is 1. The van der Waals surface area contributed by atoms with Gasteiger partial charge in [0.1, 0.15) is 54.7 Å². The van der Waals surface area contributed by atoms with Gasteiger partial charge < -0.3 is 74.4 Å². The van der Waals surface area contributed by atoms with Gasteiger partial charge in [-0.3, -0.25) is 0 Å². The number of esters is 2. The molecule has 0 bridgehead atoms. The summed E-state index contributed by atoms with van der Waals surface area (Å²) in [5.41, 5.74) is 0.834. The highest BCUT2D eigenvalue weighted by Crippen LogP contribution is 2.51. The van der Waals surface area contributed by atoms with Gasteiger partial charge in [0.2, 0.25) is 5.79 Å². The molecule has 1 spiro atoms. The molecule has 1 aromatic rings. The Kier molecular flexibility index (Phi) is 20.6. The van der Waals surface area contributed by atoms with Crippen LogP contribution in [-0.2, 0) is 50.4 Å². The van der Waals surface area contributed by atoms with Crippen molar-refractivity contribution < 1.29 is 84.0 Å². The molecule has 0 saturated carbocycles. The van der Waals surface area contributed by atoms with E-state index in [0.29, 0.717) is 12.3 Å². The Labute approximate surface area is 373 Å². The first-order valence-electron chi connectivity index (χ1n) is 21.5. The van der Waals surface area contributed by atoms with Crippen LogP contribution >= 0.6 is 0 Å². The highest BCUT2D eigenvalue weighted by molar-refractivity contribution is 5.82. The number of fused-ring (bicyclic) bond motifs is 2. The van der Waals surface area contributed by atoms with E-state index in [1.807, 2.05) is 19.1 Å². The van der Waals surface area contributed by atoms with E-state index in [-0.39, 0.29) is 29.9 Å². The average Bonchev–Trinajstić information content (AvgIpc) is 3.64. The molecular formula is C47H64O17. The Hall–Kier alpha value is -4.50. The van der Waals surface area contributed by atoms with Crippen LogP contribution in [0, 0.1) is 5.92 Å². The maximum atomic E-state index is 13.4. The van der Waals surface area contributed by atoms with Crippen molar-refractivity contribution in [3.05, 3.63) is 108 Å². The molecule has 2 fully saturated rings. The van der Waals surface area contributed by atoms with E-state index in [9.17, 15) is 55.5 Å². The Morgan fingerprint density at radius 1 is 0.875 bits per heavy atom. The monoisotopic (exact) mass is 900 g/mol. The molecule has 64 heavy (non-hydrogen) atoms. The molecule has 17 heteroatoms. The van der Waals surface area contributed by atoms with Crippen molar-refractivity contribution >= 4 is 11.9 Å². The molecule has 17 nitrogen and oxygen atoms in total. The van der Waals surface area contributed by atoms with Crippen molar-refractivity contribution in [1.29, 1.82) is 0 Å². The molecule has 0 amide bonds. The van der Waals surface area contributed by atoms with Crippen LogP contribution in [0.25, 0.3) is 0 Å². The van der Waals surface area contributed by atoms with Gasteiger partial charge in [0, 0.05) is 18.2 Å². The van der Waals surface area contributed by atoms with Crippen molar-refractivity contribution in [2.75, 3.05) is 13.2 Å². The molecule has 13 atom stereocenters. The van der Waals surface area contributed by atoms with Crippen LogP contribution < -0.4 is 0 Å². The summed E-state index contributed by atoms with van der Waals surface area (Å²) >= 11 is 0. The number of aliphatic hydroxyl groups is 7. The van der Waals surface area contributed by atoms with Crippen LogP contribution in [0.2, 0.25) is 0 Å². The predicted molar refractivity (Wildman–Crippen MR) is 231 cm³/mol. The van der Waals surface area contributed by atoms with E-state index in [4.69, 9.17) is 28.4 Å². The minimum atomic E-state index is -2.28. The molecule has 0 radical (unpaired) electrons. The van der Waals surface area contributed by atoms with E-state index in [1.54, 1.807) is 31.2 Å². The van der Waals surface area contributed by atoms with Gasteiger partial charge in [-0.15, -0.1) is 0 Å². The number of phenols is 2. The van der Waals surface area contributed by atoms with E-state index >= 15 is 0 Å². The van der Waals surface area contributed by atoms with E-state index in [2.05, 4.69) is 19.9 Å². The quantitative estimate of drug-likeness (QED) is 0.0488. The summed E-state index contributed by atoms with van der Waals surface area (Å²) in [4.78, 5) is 25.8. The molecule has 3 heterocycles. The maximum absolute atomic E-state index is 13.4. The number of hydrogen-bond acceptors (Lipinski definition) is 17. The van der Waals surface area contributed by atoms with Crippen molar-refractivity contribution in [2.45, 2.75) is 140 Å². The number of phenolic OH excluding ortho intramolecular Hbond substituents is 2. The SMILES string of the molecule is CC[C@H](C)CC/C=C/C=C(\C)[C@H](O)C/C=C/C=C/C(=O)O[C@H]1[C@H](O[C@@H]2O[C@@H](COC(=O)/C=C/C=C/C=C/[C@H](O)CC)[C@H](O)[C@H](O)[C@@H]2O)[C@@H](CO)O[C@@]2(OCc3cc(O)cc(O)c32)[C@@H]1O. The second-order valence-electron chi connectivity index (χ2n) is 16.0. The standard InChI is InChI=1S/C47H64O17/c1-5-28(3)17-11-9-12-18-29(4)33(51)20-14-10-16-22-38(54)62-44-43(35(25-48)64-47(45(44)58)39-30(26-60-47)23-32(50)24-34(39)52)63-46-42(57)41(56)40(55)36(61-46)27-59-37(53)21-15-8-7-13-19-31(49)6-2/h7-10,12-16,18-19,21-24,28,31,33,35-36,40-46,48-52,55-58H,5-6,11,17,20,25-27H2,1-4H3/b8-7+,12-9+,14-10+,19-13+,21-15+,22-16+,29-18+/t28-,31+,33+,35+,36-,40-,41-,42-,43+,44-,45+,46-,47+/m0/s1. The smallest absolute Gasteiger partial charge is 0.331 e. The molecule has 3 aliphatic rings. The van der Waals surface area contributed by atoms with Crippen LogP contribution in [0.4, 0.5) is 0 Å². The molecular weight excluding hydrogens is 837 g/mol. The summed E-state index contributed by atoms with van der Waals surface area (Å²) in [5.74, 6) is -4.40. The molecule has 4 rings (SSSR count). The number of aromatic hydroxyl groups is 2. The van der Waals surface area contributed by atoms with Gasteiger partial charge in [-0.05, 0) is 55.7 Å². The Morgan fingerprint density at radius 3 is 2.31 bits per heavy atom. The van der Waals surface area contributed by atoms with Crippen LogP contribution in [0.1, 0.15) is 70.9 Å². The third kappa shape index (κ3) is 14.0. The fourth-order valence-electron chi connectivity index (χ4n) is 7.09.